The van der Waals surface area contributed by atoms with E-state index in [1.54, 1.807) is 18.2 Å². The molecule has 0 bridgehead atoms. The molecule has 0 aliphatic carbocycles. The molecule has 0 saturated carbocycles. The van der Waals surface area contributed by atoms with Crippen LogP contribution in [0, 0.1) is 12.7 Å². The second-order valence-electron chi connectivity index (χ2n) is 5.26. The van der Waals surface area contributed by atoms with Crippen LogP contribution in [0.25, 0.3) is 0 Å². The number of carboxylic acids is 1. The van der Waals surface area contributed by atoms with Crippen LogP contribution in [0.3, 0.4) is 0 Å². The Morgan fingerprint density at radius 3 is 2.58 bits per heavy atom. The third kappa shape index (κ3) is 4.53. The Kier molecular flexibility index (Phi) is 5.58. The summed E-state index contributed by atoms with van der Waals surface area (Å²) in [6.07, 6.45) is -0.433. The molecule has 0 aromatic heterocycles. The van der Waals surface area contributed by atoms with Crippen LogP contribution in [-0.4, -0.2) is 19.5 Å². The van der Waals surface area contributed by atoms with Crippen molar-refractivity contribution in [2.45, 2.75) is 24.3 Å². The number of halogens is 2. The number of rotatable bonds is 6. The quantitative estimate of drug-likeness (QED) is 0.816. The summed E-state index contributed by atoms with van der Waals surface area (Å²) in [5.74, 6) is -1.89. The lowest BCUT2D eigenvalue weighted by molar-refractivity contribution is -0.137. The molecule has 8 heteroatoms. The minimum atomic E-state index is -4.07. The Morgan fingerprint density at radius 1 is 1.29 bits per heavy atom. The minimum Gasteiger partial charge on any atom is -0.481 e. The van der Waals surface area contributed by atoms with Crippen molar-refractivity contribution < 1.29 is 22.7 Å². The molecule has 128 valence electrons. The summed E-state index contributed by atoms with van der Waals surface area (Å²) in [5, 5.41) is 8.73. The van der Waals surface area contributed by atoms with Gasteiger partial charge >= 0.3 is 5.97 Å². The third-order valence-corrected chi connectivity index (χ3v) is 5.08. The topological polar surface area (TPSA) is 83.5 Å². The van der Waals surface area contributed by atoms with Crippen LogP contribution in [0.1, 0.15) is 23.6 Å². The molecule has 0 radical (unpaired) electrons. The number of carbonyl (C=O) groups is 1. The Hall–Kier alpha value is -1.96. The van der Waals surface area contributed by atoms with Gasteiger partial charge in [0.05, 0.1) is 22.4 Å². The number of carboxylic acid groups (broad SMARTS) is 1. The van der Waals surface area contributed by atoms with Crippen LogP contribution in [0.15, 0.2) is 47.4 Å². The first-order chi connectivity index (χ1) is 11.2. The van der Waals surface area contributed by atoms with Gasteiger partial charge in [-0.2, -0.15) is 0 Å². The average Bonchev–Trinajstić information content (AvgIpc) is 2.48. The molecule has 2 aromatic rings. The SMILES string of the molecule is Cc1cccc(C(CC(=O)O)NS(=O)(=O)c2ccc(F)c(Cl)c2)c1. The minimum absolute atomic E-state index is 0.239. The number of hydrogen-bond acceptors (Lipinski definition) is 3. The summed E-state index contributed by atoms with van der Waals surface area (Å²) in [6, 6.07) is 8.89. The number of benzene rings is 2. The highest BCUT2D eigenvalue weighted by atomic mass is 35.5. The van der Waals surface area contributed by atoms with Crippen molar-refractivity contribution in [1.29, 1.82) is 0 Å². The first kappa shape index (κ1) is 18.4. The van der Waals surface area contributed by atoms with Crippen LogP contribution >= 0.6 is 11.6 Å². The fourth-order valence-corrected chi connectivity index (χ4v) is 3.68. The molecular formula is C16H15ClFNO4S. The lowest BCUT2D eigenvalue weighted by Gasteiger charge is -2.18. The van der Waals surface area contributed by atoms with Crippen LogP contribution < -0.4 is 4.72 Å². The summed E-state index contributed by atoms with van der Waals surface area (Å²) in [4.78, 5) is 10.8. The maximum atomic E-state index is 13.2. The summed E-state index contributed by atoms with van der Waals surface area (Å²) < 4.78 is 40.5. The van der Waals surface area contributed by atoms with Crippen molar-refractivity contribution in [3.63, 3.8) is 0 Å². The fraction of sp³-hybridized carbons (Fsp3) is 0.188. The Balaban J connectivity index is 2.37. The molecule has 0 fully saturated rings. The van der Waals surface area contributed by atoms with Gasteiger partial charge in [0.15, 0.2) is 0 Å². The van der Waals surface area contributed by atoms with Crippen molar-refractivity contribution in [2.75, 3.05) is 0 Å². The van der Waals surface area contributed by atoms with Gasteiger partial charge in [-0.25, -0.2) is 17.5 Å². The van der Waals surface area contributed by atoms with Gasteiger partial charge in [0.25, 0.3) is 0 Å². The molecule has 0 saturated heterocycles. The number of nitrogens with one attached hydrogen (secondary N) is 1. The predicted octanol–water partition coefficient (Wildman–Crippen LogP) is 3.28. The van der Waals surface area contributed by atoms with Crippen LogP contribution in [0.4, 0.5) is 4.39 Å². The van der Waals surface area contributed by atoms with Crippen molar-refractivity contribution in [3.8, 4) is 0 Å². The molecule has 2 N–H and O–H groups in total. The van der Waals surface area contributed by atoms with Gasteiger partial charge in [-0.1, -0.05) is 41.4 Å². The molecule has 0 amide bonds. The second-order valence-corrected chi connectivity index (χ2v) is 7.38. The van der Waals surface area contributed by atoms with Crippen molar-refractivity contribution in [3.05, 3.63) is 64.4 Å². The van der Waals surface area contributed by atoms with E-state index in [2.05, 4.69) is 4.72 Å². The zero-order chi connectivity index (χ0) is 17.9. The van der Waals surface area contributed by atoms with Crippen molar-refractivity contribution in [1.82, 2.24) is 4.72 Å². The van der Waals surface area contributed by atoms with E-state index in [0.717, 1.165) is 23.8 Å². The lowest BCUT2D eigenvalue weighted by Crippen LogP contribution is -2.30. The van der Waals surface area contributed by atoms with E-state index in [-0.39, 0.29) is 9.92 Å². The number of sulfonamides is 1. The normalized spacial score (nSPS) is 12.8. The number of hydrogen-bond donors (Lipinski definition) is 2. The summed E-state index contributed by atoms with van der Waals surface area (Å²) >= 11 is 5.62. The van der Waals surface area contributed by atoms with Gasteiger partial charge in [-0.05, 0) is 30.7 Å². The van der Waals surface area contributed by atoms with E-state index in [0.29, 0.717) is 5.56 Å². The first-order valence-electron chi connectivity index (χ1n) is 6.95. The van der Waals surface area contributed by atoms with Gasteiger partial charge in [0.1, 0.15) is 5.82 Å². The van der Waals surface area contributed by atoms with Gasteiger partial charge in [0, 0.05) is 0 Å². The van der Waals surface area contributed by atoms with Gasteiger partial charge in [0.2, 0.25) is 10.0 Å². The molecule has 0 spiro atoms. The van der Waals surface area contributed by atoms with Crippen LogP contribution in [-0.2, 0) is 14.8 Å². The maximum Gasteiger partial charge on any atom is 0.305 e. The fourth-order valence-electron chi connectivity index (χ4n) is 2.19. The highest BCUT2D eigenvalue weighted by Gasteiger charge is 2.24. The summed E-state index contributed by atoms with van der Waals surface area (Å²) in [5.41, 5.74) is 1.39. The molecule has 2 aromatic carbocycles. The zero-order valence-corrected chi connectivity index (χ0v) is 14.2. The van der Waals surface area contributed by atoms with Crippen LogP contribution in [0.5, 0.6) is 0 Å². The molecule has 0 heterocycles. The van der Waals surface area contributed by atoms with E-state index in [4.69, 9.17) is 16.7 Å². The molecule has 24 heavy (non-hydrogen) atoms. The van der Waals surface area contributed by atoms with E-state index >= 15 is 0 Å². The Bertz CT molecular complexity index is 870. The number of aryl methyl sites for hydroxylation is 1. The maximum absolute atomic E-state index is 13.2. The van der Waals surface area contributed by atoms with Crippen LogP contribution in [0.2, 0.25) is 5.02 Å². The molecule has 0 aliphatic heterocycles. The molecule has 1 unspecified atom stereocenters. The largest absolute Gasteiger partial charge is 0.481 e. The summed E-state index contributed by atoms with van der Waals surface area (Å²) in [7, 11) is -4.07. The van der Waals surface area contributed by atoms with Gasteiger partial charge < -0.3 is 5.11 Å². The Morgan fingerprint density at radius 2 is 2.00 bits per heavy atom. The monoisotopic (exact) mass is 371 g/mol. The van der Waals surface area contributed by atoms with Gasteiger partial charge in [-0.15, -0.1) is 0 Å². The van der Waals surface area contributed by atoms with E-state index in [1.165, 1.54) is 0 Å². The third-order valence-electron chi connectivity index (χ3n) is 3.32. The zero-order valence-electron chi connectivity index (χ0n) is 12.7. The van der Waals surface area contributed by atoms with Gasteiger partial charge in [-0.3, -0.25) is 4.79 Å². The second kappa shape index (κ2) is 7.29. The highest BCUT2D eigenvalue weighted by molar-refractivity contribution is 7.89. The van der Waals surface area contributed by atoms with E-state index < -0.39 is 34.3 Å². The number of aliphatic carboxylic acids is 1. The van der Waals surface area contributed by atoms with Crippen molar-refractivity contribution in [2.24, 2.45) is 0 Å². The smallest absolute Gasteiger partial charge is 0.305 e. The summed E-state index contributed by atoms with van der Waals surface area (Å²) in [6.45, 7) is 1.82. The standard InChI is InChI=1S/C16H15ClFNO4S/c1-10-3-2-4-11(7-10)15(9-16(20)21)19-24(22,23)12-5-6-14(18)13(17)8-12/h2-8,15,19H,9H2,1H3,(H,20,21). The Labute approximate surface area is 144 Å². The molecule has 2 rings (SSSR count). The highest BCUT2D eigenvalue weighted by Crippen LogP contribution is 2.24. The molecule has 0 aliphatic rings. The van der Waals surface area contributed by atoms with E-state index in [1.807, 2.05) is 13.0 Å². The predicted molar refractivity (Wildman–Crippen MR) is 87.9 cm³/mol. The molecule has 1 atom stereocenters. The molecule has 5 nitrogen and oxygen atoms in total. The lowest BCUT2D eigenvalue weighted by atomic mass is 10.0. The van der Waals surface area contributed by atoms with Crippen molar-refractivity contribution >= 4 is 27.6 Å². The first-order valence-corrected chi connectivity index (χ1v) is 8.81. The average molecular weight is 372 g/mol. The van der Waals surface area contributed by atoms with E-state index in [9.17, 15) is 17.6 Å². The molecular weight excluding hydrogens is 357 g/mol.